The van der Waals surface area contributed by atoms with E-state index in [-0.39, 0.29) is 10.8 Å². The van der Waals surface area contributed by atoms with Crippen LogP contribution in [-0.2, 0) is 19.6 Å². The predicted octanol–water partition coefficient (Wildman–Crippen LogP) is 1.13. The smallest absolute Gasteiger partial charge is 0.327 e. The van der Waals surface area contributed by atoms with E-state index in [1.807, 2.05) is 0 Å². The molecule has 1 aromatic carbocycles. The molecule has 0 spiro atoms. The number of thiophene rings is 1. The quantitative estimate of drug-likeness (QED) is 0.838. The molecular weight excluding hydrogens is 364 g/mol. The number of amides is 1. The van der Waals surface area contributed by atoms with Gasteiger partial charge < -0.3 is 10.4 Å². The van der Waals surface area contributed by atoms with Crippen molar-refractivity contribution in [1.29, 1.82) is 0 Å². The Morgan fingerprint density at radius 3 is 2.83 bits per heavy atom. The van der Waals surface area contributed by atoms with E-state index in [0.717, 1.165) is 15.6 Å². The number of halogens is 1. The number of carbonyl (C=O) groups is 2. The minimum Gasteiger partial charge on any atom is -0.480 e. The highest BCUT2D eigenvalue weighted by Gasteiger charge is 2.37. The van der Waals surface area contributed by atoms with Gasteiger partial charge in [-0.25, -0.2) is 13.2 Å². The maximum absolute atomic E-state index is 12.7. The molecule has 1 aromatic heterocycles. The number of piperazine rings is 1. The van der Waals surface area contributed by atoms with Crippen LogP contribution in [0.5, 0.6) is 0 Å². The fourth-order valence-electron chi connectivity index (χ4n) is 2.27. The number of hydrogen-bond donors (Lipinski definition) is 2. The Balaban J connectivity index is 1.98. The monoisotopic (exact) mass is 374 g/mol. The third kappa shape index (κ3) is 3.05. The van der Waals surface area contributed by atoms with Crippen LogP contribution >= 0.6 is 22.9 Å². The summed E-state index contributed by atoms with van der Waals surface area (Å²) in [6.07, 6.45) is 0. The molecule has 1 saturated heterocycles. The van der Waals surface area contributed by atoms with Crippen LogP contribution in [-0.4, -0.2) is 48.8 Å². The highest BCUT2D eigenvalue weighted by atomic mass is 35.5. The number of sulfonamides is 1. The van der Waals surface area contributed by atoms with Crippen molar-refractivity contribution in [3.05, 3.63) is 29.3 Å². The first kappa shape index (κ1) is 16.2. The van der Waals surface area contributed by atoms with Gasteiger partial charge in [0.1, 0.15) is 10.3 Å². The van der Waals surface area contributed by atoms with Crippen LogP contribution in [0.4, 0.5) is 0 Å². The Labute approximate surface area is 140 Å². The summed E-state index contributed by atoms with van der Waals surface area (Å²) in [5, 5.41) is 12.5. The lowest BCUT2D eigenvalue weighted by atomic mass is 10.2. The van der Waals surface area contributed by atoms with Crippen LogP contribution < -0.4 is 5.32 Å². The third-order valence-corrected chi connectivity index (χ3v) is 6.99. The summed E-state index contributed by atoms with van der Waals surface area (Å²) < 4.78 is 27.0. The molecule has 7 nitrogen and oxygen atoms in total. The zero-order valence-corrected chi connectivity index (χ0v) is 13.9. The van der Waals surface area contributed by atoms with Crippen LogP contribution in [0.3, 0.4) is 0 Å². The van der Waals surface area contributed by atoms with Gasteiger partial charge in [-0.05, 0) is 23.6 Å². The first-order valence-electron chi connectivity index (χ1n) is 6.49. The van der Waals surface area contributed by atoms with Crippen LogP contribution in [0, 0.1) is 0 Å². The molecular formula is C13H11ClN2O5S2. The molecule has 1 atom stereocenters. The Morgan fingerprint density at radius 2 is 2.13 bits per heavy atom. The number of fused-ring (bicyclic) bond motifs is 1. The topological polar surface area (TPSA) is 104 Å². The standard InChI is InChI=1S/C13H11ClN2O5S2/c14-8-2-1-7-3-12(22-10(7)4-8)23(20,21)16-5-9(13(18)19)15-11(17)6-16/h1-4,9H,5-6H2,(H,15,17)(H,18,19). The number of nitrogens with one attached hydrogen (secondary N) is 1. The molecule has 0 bridgehead atoms. The van der Waals surface area contributed by atoms with Gasteiger partial charge in [0.25, 0.3) is 10.0 Å². The van der Waals surface area contributed by atoms with E-state index < -0.39 is 34.5 Å². The fraction of sp³-hybridized carbons (Fsp3) is 0.231. The zero-order chi connectivity index (χ0) is 16.8. The number of nitrogens with zero attached hydrogens (tertiary/aromatic N) is 1. The second-order valence-electron chi connectivity index (χ2n) is 5.00. The molecule has 1 amide bonds. The van der Waals surface area contributed by atoms with Gasteiger partial charge >= 0.3 is 5.97 Å². The molecule has 122 valence electrons. The lowest BCUT2D eigenvalue weighted by Crippen LogP contribution is -2.58. The van der Waals surface area contributed by atoms with Crippen LogP contribution in [0.15, 0.2) is 28.5 Å². The molecule has 23 heavy (non-hydrogen) atoms. The molecule has 10 heteroatoms. The largest absolute Gasteiger partial charge is 0.480 e. The van der Waals surface area contributed by atoms with E-state index in [1.165, 1.54) is 6.07 Å². The molecule has 1 aliphatic heterocycles. The summed E-state index contributed by atoms with van der Waals surface area (Å²) in [6.45, 7) is -0.709. The highest BCUT2D eigenvalue weighted by Crippen LogP contribution is 2.33. The van der Waals surface area contributed by atoms with Crippen LogP contribution in [0.1, 0.15) is 0 Å². The second-order valence-corrected chi connectivity index (χ2v) is 8.69. The van der Waals surface area contributed by atoms with E-state index in [0.29, 0.717) is 15.1 Å². The van der Waals surface area contributed by atoms with E-state index in [9.17, 15) is 18.0 Å². The Hall–Kier alpha value is -1.68. The van der Waals surface area contributed by atoms with Crippen molar-refractivity contribution in [2.45, 2.75) is 10.3 Å². The normalized spacial score (nSPS) is 19.7. The Bertz CT molecular complexity index is 908. The Morgan fingerprint density at radius 1 is 1.39 bits per heavy atom. The van der Waals surface area contributed by atoms with Gasteiger partial charge in [0, 0.05) is 16.3 Å². The number of carbonyl (C=O) groups excluding carboxylic acids is 1. The SMILES string of the molecule is O=C1CN(S(=O)(=O)c2cc3ccc(Cl)cc3s2)CC(C(=O)O)N1. The lowest BCUT2D eigenvalue weighted by Gasteiger charge is -2.29. The maximum atomic E-state index is 12.7. The summed E-state index contributed by atoms with van der Waals surface area (Å²) >= 11 is 6.92. The second kappa shape index (κ2) is 5.75. The molecule has 1 aliphatic rings. The van der Waals surface area contributed by atoms with Crippen molar-refractivity contribution < 1.29 is 23.1 Å². The van der Waals surface area contributed by atoms with Crippen molar-refractivity contribution in [1.82, 2.24) is 9.62 Å². The molecule has 2 aromatic rings. The molecule has 3 rings (SSSR count). The maximum Gasteiger partial charge on any atom is 0.327 e. The summed E-state index contributed by atoms with van der Waals surface area (Å²) in [5.41, 5.74) is 0. The molecule has 0 radical (unpaired) electrons. The highest BCUT2D eigenvalue weighted by molar-refractivity contribution is 7.91. The summed E-state index contributed by atoms with van der Waals surface area (Å²) in [7, 11) is -3.95. The average Bonchev–Trinajstić information content (AvgIpc) is 2.90. The number of carboxylic acids is 1. The lowest BCUT2D eigenvalue weighted by molar-refractivity contribution is -0.143. The summed E-state index contributed by atoms with van der Waals surface area (Å²) in [4.78, 5) is 22.6. The van der Waals surface area contributed by atoms with Crippen molar-refractivity contribution >= 4 is 54.9 Å². The van der Waals surface area contributed by atoms with Crippen LogP contribution in [0.2, 0.25) is 5.02 Å². The summed E-state index contributed by atoms with van der Waals surface area (Å²) in [6, 6.07) is 5.25. The van der Waals surface area contributed by atoms with Crippen molar-refractivity contribution in [2.24, 2.45) is 0 Å². The number of rotatable bonds is 3. The van der Waals surface area contributed by atoms with Gasteiger partial charge in [-0.3, -0.25) is 4.79 Å². The molecule has 1 unspecified atom stereocenters. The number of aliphatic carboxylic acids is 1. The van der Waals surface area contributed by atoms with Gasteiger partial charge in [-0.15, -0.1) is 11.3 Å². The van der Waals surface area contributed by atoms with Gasteiger partial charge in [-0.1, -0.05) is 17.7 Å². The van der Waals surface area contributed by atoms with E-state index in [2.05, 4.69) is 5.32 Å². The van der Waals surface area contributed by atoms with Gasteiger partial charge in [-0.2, -0.15) is 4.31 Å². The van der Waals surface area contributed by atoms with E-state index in [4.69, 9.17) is 16.7 Å². The van der Waals surface area contributed by atoms with E-state index >= 15 is 0 Å². The molecule has 2 N–H and O–H groups in total. The molecule has 0 saturated carbocycles. The molecule has 1 fully saturated rings. The van der Waals surface area contributed by atoms with E-state index in [1.54, 1.807) is 18.2 Å². The minimum atomic E-state index is -3.95. The molecule has 0 aliphatic carbocycles. The number of carboxylic acid groups (broad SMARTS) is 1. The zero-order valence-electron chi connectivity index (χ0n) is 11.5. The first-order chi connectivity index (χ1) is 10.8. The molecule has 2 heterocycles. The average molecular weight is 375 g/mol. The van der Waals surface area contributed by atoms with Crippen LogP contribution in [0.25, 0.3) is 10.1 Å². The first-order valence-corrected chi connectivity index (χ1v) is 9.12. The number of benzene rings is 1. The third-order valence-electron chi connectivity index (χ3n) is 3.39. The van der Waals surface area contributed by atoms with Gasteiger partial charge in [0.15, 0.2) is 0 Å². The fourth-order valence-corrected chi connectivity index (χ4v) is 5.51. The summed E-state index contributed by atoms with van der Waals surface area (Å²) in [5.74, 6) is -1.92. The predicted molar refractivity (Wildman–Crippen MR) is 85.2 cm³/mol. The number of hydrogen-bond acceptors (Lipinski definition) is 5. The van der Waals surface area contributed by atoms with Gasteiger partial charge in [0.05, 0.1) is 6.54 Å². The van der Waals surface area contributed by atoms with Crippen molar-refractivity contribution in [2.75, 3.05) is 13.1 Å². The van der Waals surface area contributed by atoms with Gasteiger partial charge in [0.2, 0.25) is 5.91 Å². The minimum absolute atomic E-state index is 0.0496. The van der Waals surface area contributed by atoms with Crippen molar-refractivity contribution in [3.8, 4) is 0 Å². The van der Waals surface area contributed by atoms with Crippen molar-refractivity contribution in [3.63, 3.8) is 0 Å². The Kier molecular flexibility index (Phi) is 4.05.